The highest BCUT2D eigenvalue weighted by molar-refractivity contribution is 5.94. The van der Waals surface area contributed by atoms with E-state index in [1.807, 2.05) is 0 Å². The van der Waals surface area contributed by atoms with Gasteiger partial charge in [0.15, 0.2) is 5.92 Å². The Morgan fingerprint density at radius 2 is 1.75 bits per heavy atom. The van der Waals surface area contributed by atoms with Gasteiger partial charge >= 0.3 is 17.9 Å². The third kappa shape index (κ3) is 3.88. The van der Waals surface area contributed by atoms with Crippen molar-refractivity contribution in [1.29, 1.82) is 0 Å². The monoisotopic (exact) mass is 232 g/mol. The summed E-state index contributed by atoms with van der Waals surface area (Å²) in [6.07, 6.45) is -0.295. The van der Waals surface area contributed by atoms with Crippen LogP contribution in [0.5, 0.6) is 0 Å². The lowest BCUT2D eigenvalue weighted by Crippen LogP contribution is -2.34. The molecule has 0 rings (SSSR count). The van der Waals surface area contributed by atoms with Crippen molar-refractivity contribution in [2.24, 2.45) is 11.3 Å². The topological polar surface area (TPSA) is 101 Å². The number of carbonyl (C=O) groups is 3. The highest BCUT2D eigenvalue weighted by atomic mass is 16.5. The maximum atomic E-state index is 11.3. The summed E-state index contributed by atoms with van der Waals surface area (Å²) in [5, 5.41) is 17.7. The first-order chi connectivity index (χ1) is 7.22. The smallest absolute Gasteiger partial charge is 0.320 e. The third-order valence-electron chi connectivity index (χ3n) is 2.16. The lowest BCUT2D eigenvalue weighted by molar-refractivity contribution is -0.161. The minimum atomic E-state index is -1.44. The largest absolute Gasteiger partial charge is 0.481 e. The molecule has 0 fully saturated rings. The number of hydrogen-bond donors (Lipinski definition) is 2. The summed E-state index contributed by atoms with van der Waals surface area (Å²) < 4.78 is 4.58. The number of ether oxygens (including phenoxy) is 1. The second-order valence-corrected chi connectivity index (χ2v) is 4.04. The van der Waals surface area contributed by atoms with Crippen LogP contribution >= 0.6 is 0 Å². The van der Waals surface area contributed by atoms with Crippen LogP contribution < -0.4 is 0 Å². The van der Waals surface area contributed by atoms with Crippen LogP contribution in [0.15, 0.2) is 0 Å². The molecule has 0 aliphatic heterocycles. The highest BCUT2D eigenvalue weighted by Gasteiger charge is 2.38. The predicted octanol–water partition coefficient (Wildman–Crippen LogP) is 0.751. The van der Waals surface area contributed by atoms with E-state index < -0.39 is 29.2 Å². The van der Waals surface area contributed by atoms with Gasteiger partial charge in [-0.25, -0.2) is 0 Å². The zero-order valence-electron chi connectivity index (χ0n) is 9.52. The summed E-state index contributed by atoms with van der Waals surface area (Å²) in [5.74, 6) is -4.86. The highest BCUT2D eigenvalue weighted by Crippen LogP contribution is 2.26. The summed E-state index contributed by atoms with van der Waals surface area (Å²) in [5.41, 5.74) is -1.28. The second kappa shape index (κ2) is 5.48. The molecule has 0 aromatic carbocycles. The van der Waals surface area contributed by atoms with Gasteiger partial charge in [0.1, 0.15) is 0 Å². The number of esters is 1. The summed E-state index contributed by atoms with van der Waals surface area (Å²) in [6, 6.07) is 0. The van der Waals surface area contributed by atoms with Crippen molar-refractivity contribution in [3.05, 3.63) is 0 Å². The first kappa shape index (κ1) is 14.4. The standard InChI is InChI=1S/C10H16O6/c1-4-16-8(13)6(7(11)12)5-10(2,3)9(14)15/h6H,4-5H2,1-3H3,(H,11,12)(H,14,15). The van der Waals surface area contributed by atoms with Gasteiger partial charge in [-0.1, -0.05) is 0 Å². The Morgan fingerprint density at radius 1 is 1.25 bits per heavy atom. The first-order valence-corrected chi connectivity index (χ1v) is 4.85. The van der Waals surface area contributed by atoms with Gasteiger partial charge in [0, 0.05) is 0 Å². The van der Waals surface area contributed by atoms with Gasteiger partial charge < -0.3 is 14.9 Å². The summed E-state index contributed by atoms with van der Waals surface area (Å²) >= 11 is 0. The minimum absolute atomic E-state index is 0.0656. The molecule has 2 N–H and O–H groups in total. The Kier molecular flexibility index (Phi) is 4.94. The Bertz CT molecular complexity index is 294. The van der Waals surface area contributed by atoms with Gasteiger partial charge in [0.25, 0.3) is 0 Å². The van der Waals surface area contributed by atoms with Crippen LogP contribution in [0.3, 0.4) is 0 Å². The summed E-state index contributed by atoms with van der Waals surface area (Å²) in [7, 11) is 0. The van der Waals surface area contributed by atoms with Crippen LogP contribution in [0.2, 0.25) is 0 Å². The molecule has 0 aliphatic carbocycles. The van der Waals surface area contributed by atoms with Gasteiger partial charge in [0.05, 0.1) is 12.0 Å². The fourth-order valence-electron chi connectivity index (χ4n) is 1.11. The quantitative estimate of drug-likeness (QED) is 0.517. The number of aliphatic carboxylic acids is 2. The molecule has 0 amide bonds. The molecule has 92 valence electrons. The molecule has 0 radical (unpaired) electrons. The van der Waals surface area contributed by atoms with E-state index in [1.54, 1.807) is 6.92 Å². The van der Waals surface area contributed by atoms with Crippen LogP contribution in [0.4, 0.5) is 0 Å². The molecule has 0 bridgehead atoms. The van der Waals surface area contributed by atoms with E-state index in [0.29, 0.717) is 0 Å². The van der Waals surface area contributed by atoms with E-state index in [1.165, 1.54) is 13.8 Å². The molecule has 6 nitrogen and oxygen atoms in total. The van der Waals surface area contributed by atoms with Crippen LogP contribution in [0.25, 0.3) is 0 Å². The molecule has 1 unspecified atom stereocenters. The van der Waals surface area contributed by atoms with Crippen molar-refractivity contribution in [3.63, 3.8) is 0 Å². The number of carbonyl (C=O) groups excluding carboxylic acids is 1. The van der Waals surface area contributed by atoms with Crippen molar-refractivity contribution in [2.45, 2.75) is 27.2 Å². The van der Waals surface area contributed by atoms with E-state index in [2.05, 4.69) is 4.74 Å². The number of carboxylic acids is 2. The Morgan fingerprint density at radius 3 is 2.06 bits per heavy atom. The SMILES string of the molecule is CCOC(=O)C(CC(C)(C)C(=O)O)C(=O)O. The Labute approximate surface area is 93.2 Å². The molecular formula is C10H16O6. The second-order valence-electron chi connectivity index (χ2n) is 4.04. The van der Waals surface area contributed by atoms with Gasteiger partial charge in [-0.3, -0.25) is 14.4 Å². The van der Waals surface area contributed by atoms with E-state index >= 15 is 0 Å². The molecule has 0 heterocycles. The third-order valence-corrected chi connectivity index (χ3v) is 2.16. The first-order valence-electron chi connectivity index (χ1n) is 4.85. The molecule has 0 aromatic heterocycles. The molecule has 0 aromatic rings. The van der Waals surface area contributed by atoms with Crippen LogP contribution in [-0.4, -0.2) is 34.7 Å². The minimum Gasteiger partial charge on any atom is -0.481 e. The molecule has 6 heteroatoms. The van der Waals surface area contributed by atoms with E-state index in [9.17, 15) is 14.4 Å². The summed E-state index contributed by atoms with van der Waals surface area (Å²) in [6.45, 7) is 4.35. The van der Waals surface area contributed by atoms with Crippen LogP contribution in [0.1, 0.15) is 27.2 Å². The van der Waals surface area contributed by atoms with Crippen molar-refractivity contribution in [3.8, 4) is 0 Å². The average Bonchev–Trinajstić information content (AvgIpc) is 2.13. The molecule has 0 saturated heterocycles. The number of hydrogen-bond acceptors (Lipinski definition) is 4. The van der Waals surface area contributed by atoms with E-state index in [-0.39, 0.29) is 13.0 Å². The average molecular weight is 232 g/mol. The van der Waals surface area contributed by atoms with Crippen molar-refractivity contribution >= 4 is 17.9 Å². The van der Waals surface area contributed by atoms with Gasteiger partial charge in [-0.05, 0) is 27.2 Å². The van der Waals surface area contributed by atoms with Gasteiger partial charge in [-0.2, -0.15) is 0 Å². The lowest BCUT2D eigenvalue weighted by atomic mass is 9.83. The predicted molar refractivity (Wildman–Crippen MR) is 53.8 cm³/mol. The normalized spacial score (nSPS) is 12.9. The Hall–Kier alpha value is -1.59. The number of carboxylic acid groups (broad SMARTS) is 2. The summed E-state index contributed by atoms with van der Waals surface area (Å²) in [4.78, 5) is 32.9. The molecule has 0 aliphatic rings. The van der Waals surface area contributed by atoms with Crippen molar-refractivity contribution < 1.29 is 29.3 Å². The van der Waals surface area contributed by atoms with E-state index in [0.717, 1.165) is 0 Å². The number of rotatable bonds is 6. The molecule has 16 heavy (non-hydrogen) atoms. The van der Waals surface area contributed by atoms with E-state index in [4.69, 9.17) is 10.2 Å². The van der Waals surface area contributed by atoms with Gasteiger partial charge in [0.2, 0.25) is 0 Å². The Balaban J connectivity index is 4.77. The fraction of sp³-hybridized carbons (Fsp3) is 0.700. The van der Waals surface area contributed by atoms with Crippen molar-refractivity contribution in [1.82, 2.24) is 0 Å². The van der Waals surface area contributed by atoms with Gasteiger partial charge in [-0.15, -0.1) is 0 Å². The fourth-order valence-corrected chi connectivity index (χ4v) is 1.11. The maximum absolute atomic E-state index is 11.3. The zero-order chi connectivity index (χ0) is 12.9. The van der Waals surface area contributed by atoms with Crippen molar-refractivity contribution in [2.75, 3.05) is 6.61 Å². The van der Waals surface area contributed by atoms with Crippen LogP contribution in [-0.2, 0) is 19.1 Å². The molecule has 0 saturated carbocycles. The molecule has 1 atom stereocenters. The van der Waals surface area contributed by atoms with Crippen LogP contribution in [0, 0.1) is 11.3 Å². The lowest BCUT2D eigenvalue weighted by Gasteiger charge is -2.22. The zero-order valence-corrected chi connectivity index (χ0v) is 9.52. The molecule has 0 spiro atoms. The maximum Gasteiger partial charge on any atom is 0.320 e. The molecular weight excluding hydrogens is 216 g/mol.